The molecule has 30 heavy (non-hydrogen) atoms. The van der Waals surface area contributed by atoms with E-state index in [1.165, 1.54) is 14.0 Å². The predicted molar refractivity (Wildman–Crippen MR) is 106 cm³/mol. The molecule has 0 bridgehead atoms. The third-order valence-electron chi connectivity index (χ3n) is 5.12. The second kappa shape index (κ2) is 9.01. The van der Waals surface area contributed by atoms with Crippen LogP contribution in [0.5, 0.6) is 11.5 Å². The highest BCUT2D eigenvalue weighted by molar-refractivity contribution is 5.73. The number of benzene rings is 2. The van der Waals surface area contributed by atoms with E-state index in [0.717, 1.165) is 5.56 Å². The van der Waals surface area contributed by atoms with Crippen molar-refractivity contribution in [1.29, 1.82) is 0 Å². The number of para-hydroxylation sites is 2. The lowest BCUT2D eigenvalue weighted by molar-refractivity contribution is -0.333. The van der Waals surface area contributed by atoms with Gasteiger partial charge in [-0.25, -0.2) is 0 Å². The second-order valence-electron chi connectivity index (χ2n) is 7.21. The topological polar surface area (TPSA) is 95.5 Å². The Labute approximate surface area is 174 Å². The average molecular weight is 415 g/mol. The maximum Gasteiger partial charge on any atom is 0.223 e. The minimum Gasteiger partial charge on any atom is -0.493 e. The van der Waals surface area contributed by atoms with Gasteiger partial charge < -0.3 is 34.1 Å². The van der Waals surface area contributed by atoms with E-state index in [9.17, 15) is 9.90 Å². The molecule has 160 valence electrons. The van der Waals surface area contributed by atoms with E-state index in [0.29, 0.717) is 11.5 Å². The summed E-state index contributed by atoms with van der Waals surface area (Å²) < 4.78 is 29.2. The van der Waals surface area contributed by atoms with Gasteiger partial charge in [-0.2, -0.15) is 0 Å². The van der Waals surface area contributed by atoms with Gasteiger partial charge in [0.15, 0.2) is 17.8 Å². The first-order valence-corrected chi connectivity index (χ1v) is 9.79. The van der Waals surface area contributed by atoms with Crippen molar-refractivity contribution in [3.8, 4) is 11.5 Å². The molecule has 0 radical (unpaired) electrons. The number of methoxy groups -OCH3 is 1. The summed E-state index contributed by atoms with van der Waals surface area (Å²) in [5.41, 5.74) is 0.839. The molecule has 2 heterocycles. The van der Waals surface area contributed by atoms with E-state index < -0.39 is 36.9 Å². The highest BCUT2D eigenvalue weighted by atomic mass is 16.7. The minimum absolute atomic E-state index is 0.208. The number of aliphatic hydroxyl groups is 1. The Morgan fingerprint density at radius 3 is 2.47 bits per heavy atom. The number of fused-ring (bicyclic) bond motifs is 1. The van der Waals surface area contributed by atoms with E-state index in [-0.39, 0.29) is 12.5 Å². The lowest BCUT2D eigenvalue weighted by Crippen LogP contribution is -2.67. The standard InChI is InChI=1S/C22H25NO7/c1-13(24)23-18-19(25)20-17(12-27-21(30-20)14-8-4-3-5-9-14)29-22(18)28-16-11-7-6-10-15(16)26-2/h3-11,17-22,25H,12H2,1-2H3,(H,23,24)/t17-,18+,19+,20+,21+,22+/m1/s1. The monoisotopic (exact) mass is 415 g/mol. The van der Waals surface area contributed by atoms with Gasteiger partial charge in [0.25, 0.3) is 0 Å². The van der Waals surface area contributed by atoms with E-state index in [2.05, 4.69) is 5.32 Å². The van der Waals surface area contributed by atoms with Crippen LogP contribution in [0, 0.1) is 0 Å². The van der Waals surface area contributed by atoms with E-state index in [1.807, 2.05) is 36.4 Å². The Morgan fingerprint density at radius 2 is 1.77 bits per heavy atom. The average Bonchev–Trinajstić information content (AvgIpc) is 2.77. The SMILES string of the molecule is COc1ccccc1O[C@H]1O[C@@H]2CO[C@H](c3ccccc3)O[C@@H]2[C@@H](O)[C@@H]1NC(C)=O. The Kier molecular flexibility index (Phi) is 6.19. The van der Waals surface area contributed by atoms with Gasteiger partial charge in [-0.1, -0.05) is 42.5 Å². The first-order valence-electron chi connectivity index (χ1n) is 9.79. The van der Waals surface area contributed by atoms with Crippen LogP contribution in [0.3, 0.4) is 0 Å². The third-order valence-corrected chi connectivity index (χ3v) is 5.12. The molecule has 0 saturated carbocycles. The molecule has 8 nitrogen and oxygen atoms in total. The number of hydrogen-bond acceptors (Lipinski definition) is 7. The number of amides is 1. The number of nitrogens with one attached hydrogen (secondary N) is 1. The molecule has 2 aliphatic heterocycles. The molecule has 4 rings (SSSR count). The molecule has 2 fully saturated rings. The van der Waals surface area contributed by atoms with Crippen LogP contribution in [0.4, 0.5) is 0 Å². The number of carbonyl (C=O) groups is 1. The van der Waals surface area contributed by atoms with Gasteiger partial charge in [-0.05, 0) is 12.1 Å². The van der Waals surface area contributed by atoms with Gasteiger partial charge in [0.2, 0.25) is 12.2 Å². The quantitative estimate of drug-likeness (QED) is 0.769. The molecule has 2 N–H and O–H groups in total. The number of ether oxygens (including phenoxy) is 5. The molecule has 2 saturated heterocycles. The summed E-state index contributed by atoms with van der Waals surface area (Å²) >= 11 is 0. The van der Waals surface area contributed by atoms with Crippen molar-refractivity contribution in [3.63, 3.8) is 0 Å². The van der Waals surface area contributed by atoms with Crippen LogP contribution in [0.1, 0.15) is 18.8 Å². The van der Waals surface area contributed by atoms with Crippen LogP contribution in [0.15, 0.2) is 54.6 Å². The maximum atomic E-state index is 11.8. The number of aliphatic hydroxyl groups excluding tert-OH is 1. The fourth-order valence-electron chi connectivity index (χ4n) is 3.70. The number of carbonyl (C=O) groups excluding carboxylic acids is 1. The maximum absolute atomic E-state index is 11.8. The normalized spacial score (nSPS) is 30.8. The zero-order chi connectivity index (χ0) is 21.1. The van der Waals surface area contributed by atoms with Crippen LogP contribution in [0.25, 0.3) is 0 Å². The van der Waals surface area contributed by atoms with Crippen LogP contribution in [0.2, 0.25) is 0 Å². The summed E-state index contributed by atoms with van der Waals surface area (Å²) in [7, 11) is 1.53. The van der Waals surface area contributed by atoms with Crippen LogP contribution in [-0.4, -0.2) is 55.4 Å². The molecular weight excluding hydrogens is 390 g/mol. The molecule has 2 aromatic carbocycles. The molecule has 2 aliphatic rings. The summed E-state index contributed by atoms with van der Waals surface area (Å²) in [6, 6.07) is 15.7. The third kappa shape index (κ3) is 4.27. The second-order valence-corrected chi connectivity index (χ2v) is 7.21. The fourth-order valence-corrected chi connectivity index (χ4v) is 3.70. The van der Waals surface area contributed by atoms with Crippen molar-refractivity contribution in [2.24, 2.45) is 0 Å². The summed E-state index contributed by atoms with van der Waals surface area (Å²) in [5, 5.41) is 13.8. The summed E-state index contributed by atoms with van der Waals surface area (Å²) in [6.45, 7) is 1.58. The molecule has 0 aliphatic carbocycles. The Hall–Kier alpha value is -2.65. The zero-order valence-electron chi connectivity index (χ0n) is 16.8. The Bertz CT molecular complexity index is 862. The molecule has 2 aromatic rings. The highest BCUT2D eigenvalue weighted by Crippen LogP contribution is 2.36. The molecule has 0 unspecified atom stereocenters. The van der Waals surface area contributed by atoms with Gasteiger partial charge in [0.05, 0.1) is 13.7 Å². The summed E-state index contributed by atoms with van der Waals surface area (Å²) in [6.07, 6.45) is -3.91. The minimum atomic E-state index is -1.07. The fraction of sp³-hybridized carbons (Fsp3) is 0.409. The van der Waals surface area contributed by atoms with Crippen molar-refractivity contribution >= 4 is 5.91 Å². The lowest BCUT2D eigenvalue weighted by Gasteiger charge is -2.47. The molecule has 0 spiro atoms. The Morgan fingerprint density at radius 1 is 1.07 bits per heavy atom. The van der Waals surface area contributed by atoms with E-state index in [4.69, 9.17) is 23.7 Å². The van der Waals surface area contributed by atoms with Crippen LogP contribution >= 0.6 is 0 Å². The summed E-state index contributed by atoms with van der Waals surface area (Å²) in [5.74, 6) is 0.631. The lowest BCUT2D eigenvalue weighted by atomic mass is 9.95. The number of rotatable bonds is 5. The molecular formula is C22H25NO7. The van der Waals surface area contributed by atoms with Gasteiger partial charge in [-0.3, -0.25) is 4.79 Å². The van der Waals surface area contributed by atoms with Gasteiger partial charge >= 0.3 is 0 Å². The van der Waals surface area contributed by atoms with Crippen LogP contribution < -0.4 is 14.8 Å². The van der Waals surface area contributed by atoms with Crippen molar-refractivity contribution in [2.75, 3.05) is 13.7 Å². The smallest absolute Gasteiger partial charge is 0.223 e. The zero-order valence-corrected chi connectivity index (χ0v) is 16.8. The predicted octanol–water partition coefficient (Wildman–Crippen LogP) is 1.78. The molecule has 6 atom stereocenters. The van der Waals surface area contributed by atoms with Gasteiger partial charge in [-0.15, -0.1) is 0 Å². The van der Waals surface area contributed by atoms with Crippen molar-refractivity contribution in [2.45, 2.75) is 43.9 Å². The molecule has 0 aromatic heterocycles. The highest BCUT2D eigenvalue weighted by Gasteiger charge is 2.50. The van der Waals surface area contributed by atoms with E-state index in [1.54, 1.807) is 18.2 Å². The largest absolute Gasteiger partial charge is 0.493 e. The van der Waals surface area contributed by atoms with Gasteiger partial charge in [0, 0.05) is 12.5 Å². The van der Waals surface area contributed by atoms with Gasteiger partial charge in [0.1, 0.15) is 24.4 Å². The van der Waals surface area contributed by atoms with Crippen molar-refractivity contribution in [1.82, 2.24) is 5.32 Å². The van der Waals surface area contributed by atoms with Crippen molar-refractivity contribution in [3.05, 3.63) is 60.2 Å². The first-order chi connectivity index (χ1) is 14.6. The first kappa shape index (κ1) is 20.6. The van der Waals surface area contributed by atoms with Crippen LogP contribution in [-0.2, 0) is 19.0 Å². The molecule has 1 amide bonds. The summed E-state index contributed by atoms with van der Waals surface area (Å²) in [4.78, 5) is 11.8. The van der Waals surface area contributed by atoms with Crippen molar-refractivity contribution < 1.29 is 33.6 Å². The Balaban J connectivity index is 1.55. The molecule has 8 heteroatoms. The van der Waals surface area contributed by atoms with E-state index >= 15 is 0 Å². The number of hydrogen-bond donors (Lipinski definition) is 2.